The number of H-pyrrole nitrogens is 1. The molecule has 0 unspecified atom stereocenters. The fraction of sp³-hybridized carbons (Fsp3) is 0.562. The molecule has 2 nitrogen and oxygen atoms in total. The van der Waals surface area contributed by atoms with Gasteiger partial charge in [-0.2, -0.15) is 13.2 Å². The standard InChI is InChI=1S/C16H21F3N2/c1-4-6-11(7-5-2)12-9-21-15-13(12)14(16(17,18)19)10(3)8-20-15/h8-9,11H,4-7H2,1-3H3,(H,20,21). The molecular formula is C16H21F3N2. The van der Waals surface area contributed by atoms with Gasteiger partial charge in [0.05, 0.1) is 5.56 Å². The molecule has 2 rings (SSSR count). The first kappa shape index (κ1) is 15.9. The van der Waals surface area contributed by atoms with Crippen LogP contribution in [0.2, 0.25) is 0 Å². The predicted octanol–water partition coefficient (Wildman–Crippen LogP) is 5.57. The van der Waals surface area contributed by atoms with Gasteiger partial charge in [0.15, 0.2) is 0 Å². The minimum atomic E-state index is -4.36. The number of aryl methyl sites for hydroxylation is 1. The summed E-state index contributed by atoms with van der Waals surface area (Å²) in [5.74, 6) is 0.151. The van der Waals surface area contributed by atoms with E-state index >= 15 is 0 Å². The van der Waals surface area contributed by atoms with Gasteiger partial charge in [-0.05, 0) is 36.8 Å². The Bertz CT molecular complexity index is 608. The minimum absolute atomic E-state index is 0.151. The van der Waals surface area contributed by atoms with E-state index in [2.05, 4.69) is 23.8 Å². The van der Waals surface area contributed by atoms with Gasteiger partial charge in [0.1, 0.15) is 5.65 Å². The molecule has 5 heteroatoms. The Morgan fingerprint density at radius 1 is 1.19 bits per heavy atom. The number of nitrogens with one attached hydrogen (secondary N) is 1. The first-order valence-electron chi connectivity index (χ1n) is 7.43. The largest absolute Gasteiger partial charge is 0.417 e. The molecule has 0 atom stereocenters. The van der Waals surface area contributed by atoms with Gasteiger partial charge in [0, 0.05) is 17.8 Å². The molecule has 0 aliphatic rings. The summed E-state index contributed by atoms with van der Waals surface area (Å²) in [6, 6.07) is 0. The van der Waals surface area contributed by atoms with Crippen molar-refractivity contribution in [3.63, 3.8) is 0 Å². The van der Waals surface area contributed by atoms with Gasteiger partial charge in [-0.25, -0.2) is 4.98 Å². The smallest absolute Gasteiger partial charge is 0.346 e. The summed E-state index contributed by atoms with van der Waals surface area (Å²) in [4.78, 5) is 7.04. The van der Waals surface area contributed by atoms with E-state index in [0.717, 1.165) is 31.2 Å². The second-order valence-electron chi connectivity index (χ2n) is 5.56. The number of pyridine rings is 1. The Morgan fingerprint density at radius 3 is 2.33 bits per heavy atom. The van der Waals surface area contributed by atoms with Gasteiger partial charge in [0.2, 0.25) is 0 Å². The number of hydrogen-bond acceptors (Lipinski definition) is 1. The quantitative estimate of drug-likeness (QED) is 0.767. The lowest BCUT2D eigenvalue weighted by Gasteiger charge is -2.18. The van der Waals surface area contributed by atoms with E-state index in [9.17, 15) is 13.2 Å². The number of halogens is 3. The lowest BCUT2D eigenvalue weighted by Crippen LogP contribution is -2.10. The normalized spacial score (nSPS) is 12.5. The van der Waals surface area contributed by atoms with Crippen LogP contribution < -0.4 is 0 Å². The van der Waals surface area contributed by atoms with Crippen LogP contribution in [-0.4, -0.2) is 9.97 Å². The number of nitrogens with zero attached hydrogens (tertiary/aromatic N) is 1. The van der Waals surface area contributed by atoms with Gasteiger partial charge in [0.25, 0.3) is 0 Å². The lowest BCUT2D eigenvalue weighted by molar-refractivity contribution is -0.136. The molecule has 1 N–H and O–H groups in total. The highest BCUT2D eigenvalue weighted by Crippen LogP contribution is 2.41. The molecule has 0 aromatic carbocycles. The fourth-order valence-electron chi connectivity index (χ4n) is 3.05. The average molecular weight is 298 g/mol. The van der Waals surface area contributed by atoms with Gasteiger partial charge in [-0.15, -0.1) is 0 Å². The Hall–Kier alpha value is -1.52. The average Bonchev–Trinajstić information content (AvgIpc) is 2.80. The van der Waals surface area contributed by atoms with E-state index in [4.69, 9.17) is 0 Å². The van der Waals surface area contributed by atoms with Crippen molar-refractivity contribution in [2.75, 3.05) is 0 Å². The highest BCUT2D eigenvalue weighted by atomic mass is 19.4. The van der Waals surface area contributed by atoms with Gasteiger partial charge in [-0.1, -0.05) is 26.7 Å². The van der Waals surface area contributed by atoms with Crippen LogP contribution in [0.15, 0.2) is 12.4 Å². The highest BCUT2D eigenvalue weighted by molar-refractivity contribution is 5.85. The van der Waals surface area contributed by atoms with Gasteiger partial charge >= 0.3 is 6.18 Å². The fourth-order valence-corrected chi connectivity index (χ4v) is 3.05. The number of fused-ring (bicyclic) bond motifs is 1. The van der Waals surface area contributed by atoms with Crippen LogP contribution in [0.3, 0.4) is 0 Å². The topological polar surface area (TPSA) is 28.7 Å². The number of aromatic amines is 1. The molecule has 0 saturated heterocycles. The maximum Gasteiger partial charge on any atom is 0.417 e. The first-order chi connectivity index (χ1) is 9.90. The third kappa shape index (κ3) is 3.06. The Kier molecular flexibility index (Phi) is 4.59. The molecule has 21 heavy (non-hydrogen) atoms. The van der Waals surface area contributed by atoms with Crippen LogP contribution in [0.5, 0.6) is 0 Å². The molecule has 2 aromatic rings. The SMILES string of the molecule is CCCC(CCC)c1c[nH]c2ncc(C)c(C(F)(F)F)c12. The number of hydrogen-bond donors (Lipinski definition) is 1. The van der Waals surface area contributed by atoms with Crippen molar-refractivity contribution >= 4 is 11.0 Å². The van der Waals surface area contributed by atoms with E-state index in [0.29, 0.717) is 5.65 Å². The highest BCUT2D eigenvalue weighted by Gasteiger charge is 2.36. The third-order valence-corrected chi connectivity index (χ3v) is 3.92. The van der Waals surface area contributed by atoms with Gasteiger partial charge in [-0.3, -0.25) is 0 Å². The number of alkyl halides is 3. The summed E-state index contributed by atoms with van der Waals surface area (Å²) in [6.45, 7) is 5.60. The Morgan fingerprint density at radius 2 is 1.81 bits per heavy atom. The van der Waals surface area contributed by atoms with E-state index in [1.165, 1.54) is 13.1 Å². The summed E-state index contributed by atoms with van der Waals surface area (Å²) >= 11 is 0. The van der Waals surface area contributed by atoms with E-state index in [1.807, 2.05) is 0 Å². The molecule has 0 bridgehead atoms. The molecule has 0 radical (unpaired) electrons. The van der Waals surface area contributed by atoms with E-state index in [1.54, 1.807) is 6.20 Å². The van der Waals surface area contributed by atoms with Crippen LogP contribution in [0.1, 0.15) is 62.1 Å². The summed E-state index contributed by atoms with van der Waals surface area (Å²) in [7, 11) is 0. The molecular weight excluding hydrogens is 277 g/mol. The second-order valence-corrected chi connectivity index (χ2v) is 5.56. The summed E-state index contributed by atoms with van der Waals surface area (Å²) in [5, 5.41) is 0.259. The molecule has 2 aromatic heterocycles. The lowest BCUT2D eigenvalue weighted by atomic mass is 9.88. The van der Waals surface area contributed by atoms with E-state index < -0.39 is 11.7 Å². The zero-order chi connectivity index (χ0) is 15.6. The first-order valence-corrected chi connectivity index (χ1v) is 7.43. The maximum absolute atomic E-state index is 13.4. The minimum Gasteiger partial charge on any atom is -0.346 e. The molecule has 0 amide bonds. The van der Waals surface area contributed by atoms with Crippen molar-refractivity contribution in [3.8, 4) is 0 Å². The summed E-state index contributed by atoms with van der Waals surface area (Å²) in [6.07, 6.45) is 2.35. The van der Waals surface area contributed by atoms with Crippen molar-refractivity contribution in [2.24, 2.45) is 0 Å². The number of aromatic nitrogens is 2. The van der Waals surface area contributed by atoms with Crippen molar-refractivity contribution < 1.29 is 13.2 Å². The van der Waals surface area contributed by atoms with Crippen molar-refractivity contribution in [3.05, 3.63) is 29.1 Å². The van der Waals surface area contributed by atoms with Crippen LogP contribution in [0.4, 0.5) is 13.2 Å². The third-order valence-electron chi connectivity index (χ3n) is 3.92. The number of rotatable bonds is 5. The molecule has 0 spiro atoms. The van der Waals surface area contributed by atoms with Crippen LogP contribution in [0, 0.1) is 6.92 Å². The predicted molar refractivity (Wildman–Crippen MR) is 78.4 cm³/mol. The molecule has 0 aliphatic carbocycles. The zero-order valence-electron chi connectivity index (χ0n) is 12.6. The zero-order valence-corrected chi connectivity index (χ0v) is 12.6. The maximum atomic E-state index is 13.4. The molecule has 2 heterocycles. The van der Waals surface area contributed by atoms with Crippen LogP contribution in [-0.2, 0) is 6.18 Å². The van der Waals surface area contributed by atoms with Crippen LogP contribution in [0.25, 0.3) is 11.0 Å². The molecule has 116 valence electrons. The summed E-state index contributed by atoms with van der Waals surface area (Å²) < 4.78 is 40.3. The monoisotopic (exact) mass is 298 g/mol. The molecule has 0 fully saturated rings. The molecule has 0 aliphatic heterocycles. The van der Waals surface area contributed by atoms with Crippen molar-refractivity contribution in [1.29, 1.82) is 0 Å². The Balaban J connectivity index is 2.67. The van der Waals surface area contributed by atoms with Crippen molar-refractivity contribution in [2.45, 2.75) is 58.5 Å². The van der Waals surface area contributed by atoms with Crippen molar-refractivity contribution in [1.82, 2.24) is 9.97 Å². The Labute approximate surface area is 122 Å². The van der Waals surface area contributed by atoms with Crippen LogP contribution >= 0.6 is 0 Å². The van der Waals surface area contributed by atoms with Gasteiger partial charge < -0.3 is 4.98 Å². The van der Waals surface area contributed by atoms with E-state index in [-0.39, 0.29) is 16.9 Å². The molecule has 0 saturated carbocycles. The summed E-state index contributed by atoms with van der Waals surface area (Å²) in [5.41, 5.74) is 0.737. The second kappa shape index (κ2) is 6.08.